The quantitative estimate of drug-likeness (QED) is 0.548. The molecule has 0 heterocycles. The lowest BCUT2D eigenvalue weighted by Crippen LogP contribution is -2.16. The maximum atomic E-state index is 12.2. The largest absolute Gasteiger partial charge is 0.392 e. The van der Waals surface area contributed by atoms with E-state index < -0.39 is 5.91 Å². The van der Waals surface area contributed by atoms with E-state index in [-0.39, 0.29) is 12.2 Å². The summed E-state index contributed by atoms with van der Waals surface area (Å²) in [5, 5.41) is 24.3. The van der Waals surface area contributed by atoms with Crippen LogP contribution in [0.2, 0.25) is 5.02 Å². The lowest BCUT2D eigenvalue weighted by Gasteiger charge is -2.07. The Balaban J connectivity index is 1.97. The van der Waals surface area contributed by atoms with E-state index in [4.69, 9.17) is 22.0 Å². The highest BCUT2D eigenvalue weighted by atomic mass is 35.5. The molecule has 0 atom stereocenters. The minimum absolute atomic E-state index is 0.00457. The first-order valence-corrected chi connectivity index (χ1v) is 8.01. The minimum atomic E-state index is -0.509. The van der Waals surface area contributed by atoms with Crippen molar-refractivity contribution < 1.29 is 9.90 Å². The molecule has 0 radical (unpaired) electrons. The molecule has 128 valence electrons. The number of aliphatic hydroxyl groups is 1. The first kappa shape index (κ1) is 18.5. The van der Waals surface area contributed by atoms with Gasteiger partial charge in [-0.1, -0.05) is 41.9 Å². The molecule has 0 fully saturated rings. The number of hydrogen-bond acceptors (Lipinski definition) is 4. The molecule has 0 saturated carbocycles. The number of hydrogen-bond donors (Lipinski definition) is 3. The number of anilines is 1. The molecule has 2 aromatic rings. The number of rotatable bonds is 6. The molecule has 0 aliphatic carbocycles. The molecular weight excluding hydrogens is 338 g/mol. The Hall–Kier alpha value is -2.81. The van der Waals surface area contributed by atoms with Gasteiger partial charge in [0.2, 0.25) is 0 Å². The van der Waals surface area contributed by atoms with Crippen LogP contribution in [0.1, 0.15) is 16.7 Å². The number of carbonyl (C=O) groups is 1. The second-order valence-electron chi connectivity index (χ2n) is 5.44. The van der Waals surface area contributed by atoms with Crippen molar-refractivity contribution in [3.8, 4) is 6.07 Å². The number of amides is 1. The van der Waals surface area contributed by atoms with Gasteiger partial charge >= 0.3 is 0 Å². The molecule has 1 amide bonds. The predicted molar refractivity (Wildman–Crippen MR) is 97.7 cm³/mol. The SMILES string of the molecule is Cc1ccc(NC(=O)/C(C#N)=C\NCc2ccc(CO)cc2)cc1Cl. The van der Waals surface area contributed by atoms with Gasteiger partial charge in [-0.15, -0.1) is 0 Å². The van der Waals surface area contributed by atoms with Gasteiger partial charge in [0.1, 0.15) is 11.6 Å². The van der Waals surface area contributed by atoms with Gasteiger partial charge in [0, 0.05) is 23.5 Å². The zero-order valence-electron chi connectivity index (χ0n) is 13.7. The van der Waals surface area contributed by atoms with E-state index in [1.54, 1.807) is 18.2 Å². The van der Waals surface area contributed by atoms with Crippen LogP contribution < -0.4 is 10.6 Å². The van der Waals surface area contributed by atoms with Crippen LogP contribution in [0.15, 0.2) is 54.2 Å². The molecule has 0 aliphatic rings. The molecule has 25 heavy (non-hydrogen) atoms. The number of nitrogens with zero attached hydrogens (tertiary/aromatic N) is 1. The van der Waals surface area contributed by atoms with Crippen molar-refractivity contribution in [2.45, 2.75) is 20.1 Å². The number of nitrogens with one attached hydrogen (secondary N) is 2. The molecule has 0 unspecified atom stereocenters. The average molecular weight is 356 g/mol. The van der Waals surface area contributed by atoms with Crippen molar-refractivity contribution >= 4 is 23.2 Å². The van der Waals surface area contributed by atoms with Crippen LogP contribution in [0.4, 0.5) is 5.69 Å². The van der Waals surface area contributed by atoms with E-state index in [9.17, 15) is 4.79 Å². The summed E-state index contributed by atoms with van der Waals surface area (Å²) in [6.07, 6.45) is 1.38. The highest BCUT2D eigenvalue weighted by molar-refractivity contribution is 6.31. The first-order chi connectivity index (χ1) is 12.0. The Morgan fingerprint density at radius 2 is 1.92 bits per heavy atom. The van der Waals surface area contributed by atoms with E-state index in [0.29, 0.717) is 17.3 Å². The predicted octanol–water partition coefficient (Wildman–Crippen LogP) is 3.28. The van der Waals surface area contributed by atoms with Gasteiger partial charge in [-0.3, -0.25) is 4.79 Å². The summed E-state index contributed by atoms with van der Waals surface area (Å²) in [7, 11) is 0. The summed E-state index contributed by atoms with van der Waals surface area (Å²) in [5.41, 5.74) is 3.19. The van der Waals surface area contributed by atoms with Crippen LogP contribution >= 0.6 is 11.6 Å². The third-order valence-corrected chi connectivity index (χ3v) is 3.96. The molecule has 0 aliphatic heterocycles. The number of nitriles is 1. The van der Waals surface area contributed by atoms with Gasteiger partial charge < -0.3 is 15.7 Å². The zero-order chi connectivity index (χ0) is 18.2. The second-order valence-corrected chi connectivity index (χ2v) is 5.85. The van der Waals surface area contributed by atoms with E-state index in [1.807, 2.05) is 37.3 Å². The van der Waals surface area contributed by atoms with Crippen LogP contribution in [0.25, 0.3) is 0 Å². The van der Waals surface area contributed by atoms with Crippen molar-refractivity contribution in [2.24, 2.45) is 0 Å². The monoisotopic (exact) mass is 355 g/mol. The molecule has 0 saturated heterocycles. The molecule has 0 aromatic heterocycles. The van der Waals surface area contributed by atoms with Crippen molar-refractivity contribution in [1.29, 1.82) is 5.26 Å². The third-order valence-electron chi connectivity index (χ3n) is 3.55. The van der Waals surface area contributed by atoms with Crippen molar-refractivity contribution in [1.82, 2.24) is 5.32 Å². The van der Waals surface area contributed by atoms with E-state index >= 15 is 0 Å². The Kier molecular flexibility index (Phi) is 6.58. The Morgan fingerprint density at radius 3 is 2.52 bits per heavy atom. The smallest absolute Gasteiger partial charge is 0.267 e. The summed E-state index contributed by atoms with van der Waals surface area (Å²) >= 11 is 6.02. The van der Waals surface area contributed by atoms with Crippen LogP contribution in [0.3, 0.4) is 0 Å². The van der Waals surface area contributed by atoms with Crippen molar-refractivity contribution in [3.63, 3.8) is 0 Å². The van der Waals surface area contributed by atoms with Gasteiger partial charge in [-0.25, -0.2) is 0 Å². The minimum Gasteiger partial charge on any atom is -0.392 e. The second kappa shape index (κ2) is 8.88. The number of carbonyl (C=O) groups excluding carboxylic acids is 1. The topological polar surface area (TPSA) is 85.2 Å². The first-order valence-electron chi connectivity index (χ1n) is 7.63. The lowest BCUT2D eigenvalue weighted by atomic mass is 10.1. The maximum absolute atomic E-state index is 12.2. The molecule has 2 rings (SSSR count). The average Bonchev–Trinajstić information content (AvgIpc) is 2.62. The molecule has 5 nitrogen and oxygen atoms in total. The number of halogens is 1. The number of aryl methyl sites for hydroxylation is 1. The van der Waals surface area contributed by atoms with Crippen LogP contribution in [0, 0.1) is 18.3 Å². The van der Waals surface area contributed by atoms with E-state index in [1.165, 1.54) is 6.20 Å². The summed E-state index contributed by atoms with van der Waals surface area (Å²) in [4.78, 5) is 12.2. The van der Waals surface area contributed by atoms with Crippen molar-refractivity contribution in [2.75, 3.05) is 5.32 Å². The fourth-order valence-electron chi connectivity index (χ4n) is 2.05. The highest BCUT2D eigenvalue weighted by Crippen LogP contribution is 2.20. The van der Waals surface area contributed by atoms with Crippen LogP contribution in [-0.4, -0.2) is 11.0 Å². The molecular formula is C19H18ClN3O2. The van der Waals surface area contributed by atoms with E-state index in [0.717, 1.165) is 16.7 Å². The lowest BCUT2D eigenvalue weighted by molar-refractivity contribution is -0.112. The maximum Gasteiger partial charge on any atom is 0.267 e. The Bertz CT molecular complexity index is 824. The zero-order valence-corrected chi connectivity index (χ0v) is 14.5. The van der Waals surface area contributed by atoms with Crippen LogP contribution in [-0.2, 0) is 17.9 Å². The summed E-state index contributed by atoms with van der Waals surface area (Å²) < 4.78 is 0. The number of benzene rings is 2. The Morgan fingerprint density at radius 1 is 1.24 bits per heavy atom. The third kappa shape index (κ3) is 5.35. The summed E-state index contributed by atoms with van der Waals surface area (Å²) in [5.74, 6) is -0.509. The van der Waals surface area contributed by atoms with Gasteiger partial charge in [0.05, 0.1) is 6.61 Å². The van der Waals surface area contributed by atoms with E-state index in [2.05, 4.69) is 10.6 Å². The standard InChI is InChI=1S/C19H18ClN3O2/c1-13-2-7-17(8-18(13)20)23-19(25)16(9-21)11-22-10-14-3-5-15(12-24)6-4-14/h2-8,11,22,24H,10,12H2,1H3,(H,23,25)/b16-11-. The normalized spacial score (nSPS) is 10.9. The number of aliphatic hydroxyl groups excluding tert-OH is 1. The van der Waals surface area contributed by atoms with Crippen molar-refractivity contribution in [3.05, 3.63) is 76.0 Å². The Labute approximate surface area is 151 Å². The molecule has 0 bridgehead atoms. The molecule has 6 heteroatoms. The molecule has 2 aromatic carbocycles. The van der Waals surface area contributed by atoms with Gasteiger partial charge in [-0.05, 0) is 35.7 Å². The summed E-state index contributed by atoms with van der Waals surface area (Å²) in [6.45, 7) is 2.32. The summed E-state index contributed by atoms with van der Waals surface area (Å²) in [6, 6.07) is 14.4. The molecule has 3 N–H and O–H groups in total. The van der Waals surface area contributed by atoms with Gasteiger partial charge in [-0.2, -0.15) is 5.26 Å². The highest BCUT2D eigenvalue weighted by Gasteiger charge is 2.09. The van der Waals surface area contributed by atoms with Crippen LogP contribution in [0.5, 0.6) is 0 Å². The van der Waals surface area contributed by atoms with Gasteiger partial charge in [0.15, 0.2) is 0 Å². The van der Waals surface area contributed by atoms with Gasteiger partial charge in [0.25, 0.3) is 5.91 Å². The fourth-order valence-corrected chi connectivity index (χ4v) is 2.23. The fraction of sp³-hybridized carbons (Fsp3) is 0.158. The molecule has 0 spiro atoms.